The summed E-state index contributed by atoms with van der Waals surface area (Å²) in [6, 6.07) is 10.3. The minimum atomic E-state index is -3.59. The Kier molecular flexibility index (Phi) is 4.61. The molecule has 0 aliphatic carbocycles. The molecule has 1 N–H and O–H groups in total. The van der Waals surface area contributed by atoms with Gasteiger partial charge in [0.2, 0.25) is 0 Å². The Morgan fingerprint density at radius 1 is 1.10 bits per heavy atom. The zero-order valence-corrected chi connectivity index (χ0v) is 14.7. The van der Waals surface area contributed by atoms with Gasteiger partial charge in [-0.25, -0.2) is 8.42 Å². The fraction of sp³-hybridized carbons (Fsp3) is 0.143. The smallest absolute Gasteiger partial charge is 0.262 e. The van der Waals surface area contributed by atoms with E-state index >= 15 is 0 Å². The number of aryl methyl sites for hydroxylation is 2. The minimum Gasteiger partial charge on any atom is -0.279 e. The second-order valence-electron chi connectivity index (χ2n) is 4.50. The lowest BCUT2D eigenvalue weighted by atomic mass is 10.2. The molecule has 2 rings (SSSR count). The monoisotopic (exact) mass is 421 g/mol. The number of rotatable bonds is 3. The van der Waals surface area contributed by atoms with Gasteiger partial charge < -0.3 is 0 Å². The van der Waals surface area contributed by atoms with Gasteiger partial charge >= 0.3 is 0 Å². The zero-order chi connectivity index (χ0) is 14.9. The summed E-state index contributed by atoms with van der Waals surface area (Å²) in [5, 5.41) is 0.573. The molecule has 0 aliphatic rings. The minimum absolute atomic E-state index is 0.286. The van der Waals surface area contributed by atoms with Crippen molar-refractivity contribution in [1.29, 1.82) is 0 Å². The highest BCUT2D eigenvalue weighted by Crippen LogP contribution is 2.26. The van der Waals surface area contributed by atoms with Crippen LogP contribution >= 0.6 is 34.2 Å². The van der Waals surface area contributed by atoms with Gasteiger partial charge in [-0.2, -0.15) is 0 Å². The van der Waals surface area contributed by atoms with Crippen molar-refractivity contribution < 1.29 is 8.42 Å². The van der Waals surface area contributed by atoms with E-state index in [1.54, 1.807) is 37.3 Å². The van der Waals surface area contributed by atoms with Crippen LogP contribution in [0.25, 0.3) is 0 Å². The Hall–Kier alpha value is -0.790. The molecule has 0 radical (unpaired) electrons. The molecule has 0 saturated carbocycles. The highest BCUT2D eigenvalue weighted by Gasteiger charge is 2.18. The maximum Gasteiger partial charge on any atom is 0.262 e. The number of halogens is 2. The van der Waals surface area contributed by atoms with E-state index in [1.807, 2.05) is 35.6 Å². The van der Waals surface area contributed by atoms with Crippen molar-refractivity contribution in [1.82, 2.24) is 0 Å². The van der Waals surface area contributed by atoms with Crippen LogP contribution in [-0.4, -0.2) is 8.42 Å². The summed E-state index contributed by atoms with van der Waals surface area (Å²) in [7, 11) is -3.59. The van der Waals surface area contributed by atoms with Crippen molar-refractivity contribution in [3.63, 3.8) is 0 Å². The molecule has 0 amide bonds. The fourth-order valence-electron chi connectivity index (χ4n) is 1.87. The van der Waals surface area contributed by atoms with Crippen LogP contribution in [0.2, 0.25) is 5.02 Å². The predicted octanol–water partition coefficient (Wildman–Crippen LogP) is 4.36. The van der Waals surface area contributed by atoms with E-state index < -0.39 is 10.0 Å². The van der Waals surface area contributed by atoms with E-state index in [-0.39, 0.29) is 4.90 Å². The number of sulfonamides is 1. The first-order chi connectivity index (χ1) is 9.29. The number of hydrogen-bond donors (Lipinski definition) is 1. The van der Waals surface area contributed by atoms with E-state index in [0.717, 1.165) is 14.7 Å². The molecule has 20 heavy (non-hydrogen) atoms. The zero-order valence-electron chi connectivity index (χ0n) is 10.9. The van der Waals surface area contributed by atoms with Gasteiger partial charge in [0.15, 0.2) is 0 Å². The molecule has 106 valence electrons. The summed E-state index contributed by atoms with van der Waals surface area (Å²) in [5.41, 5.74) is 2.28. The Morgan fingerprint density at radius 2 is 1.80 bits per heavy atom. The van der Waals surface area contributed by atoms with Crippen LogP contribution in [0.3, 0.4) is 0 Å². The van der Waals surface area contributed by atoms with Crippen molar-refractivity contribution in [2.24, 2.45) is 0 Å². The molecule has 0 bridgehead atoms. The van der Waals surface area contributed by atoms with Crippen LogP contribution in [0.5, 0.6) is 0 Å². The van der Waals surface area contributed by atoms with Crippen LogP contribution < -0.4 is 4.72 Å². The summed E-state index contributed by atoms with van der Waals surface area (Å²) >= 11 is 7.91. The van der Waals surface area contributed by atoms with Crippen molar-refractivity contribution in [2.75, 3.05) is 4.72 Å². The predicted molar refractivity (Wildman–Crippen MR) is 90.9 cm³/mol. The summed E-state index contributed by atoms with van der Waals surface area (Å²) in [6.45, 7) is 3.72. The van der Waals surface area contributed by atoms with E-state index in [9.17, 15) is 8.42 Å². The third-order valence-electron chi connectivity index (χ3n) is 2.80. The largest absolute Gasteiger partial charge is 0.279 e. The molecule has 3 nitrogen and oxygen atoms in total. The molecule has 2 aromatic rings. The van der Waals surface area contributed by atoms with E-state index in [2.05, 4.69) is 4.72 Å². The quantitative estimate of drug-likeness (QED) is 0.749. The Bertz CT molecular complexity index is 760. The first-order valence-corrected chi connectivity index (χ1v) is 8.79. The average Bonchev–Trinajstić information content (AvgIpc) is 2.32. The summed E-state index contributed by atoms with van der Waals surface area (Å²) in [6.07, 6.45) is 0. The first kappa shape index (κ1) is 15.6. The van der Waals surface area contributed by atoms with Crippen LogP contribution in [0.15, 0.2) is 41.3 Å². The van der Waals surface area contributed by atoms with Gasteiger partial charge in [-0.05, 0) is 66.3 Å². The fourth-order valence-corrected chi connectivity index (χ4v) is 4.37. The molecule has 0 fully saturated rings. The lowest BCUT2D eigenvalue weighted by Gasteiger charge is -2.12. The topological polar surface area (TPSA) is 46.2 Å². The molecule has 0 heterocycles. The van der Waals surface area contributed by atoms with E-state index in [0.29, 0.717) is 10.7 Å². The van der Waals surface area contributed by atoms with Crippen molar-refractivity contribution in [3.05, 3.63) is 56.1 Å². The number of anilines is 1. The van der Waals surface area contributed by atoms with Crippen molar-refractivity contribution in [3.8, 4) is 0 Å². The molecule has 2 aromatic carbocycles. The summed E-state index contributed by atoms with van der Waals surface area (Å²) in [5.74, 6) is 0. The molecule has 0 aliphatic heterocycles. The van der Waals surface area contributed by atoms with Gasteiger partial charge in [0.1, 0.15) is 0 Å². The summed E-state index contributed by atoms with van der Waals surface area (Å²) in [4.78, 5) is 0.286. The molecule has 0 atom stereocenters. The summed E-state index contributed by atoms with van der Waals surface area (Å²) < 4.78 is 28.2. The lowest BCUT2D eigenvalue weighted by Crippen LogP contribution is -2.15. The third kappa shape index (κ3) is 3.45. The second-order valence-corrected chi connectivity index (χ2v) is 7.75. The first-order valence-electron chi connectivity index (χ1n) is 5.85. The Balaban J connectivity index is 2.41. The molecular formula is C14H13ClINO2S. The van der Waals surface area contributed by atoms with Gasteiger partial charge in [-0.1, -0.05) is 29.3 Å². The third-order valence-corrected chi connectivity index (χ3v) is 5.45. The maximum absolute atomic E-state index is 12.4. The number of benzene rings is 2. The van der Waals surface area contributed by atoms with Crippen LogP contribution in [0.1, 0.15) is 11.1 Å². The van der Waals surface area contributed by atoms with Crippen molar-refractivity contribution >= 4 is 49.9 Å². The van der Waals surface area contributed by atoms with Crippen LogP contribution in [-0.2, 0) is 10.0 Å². The standard InChI is InChI=1S/C14H13ClINO2S/c1-9-3-6-14(10(2)7-9)20(18,19)17-13-5-4-11(15)8-12(13)16/h3-8,17H,1-2H3. The van der Waals surface area contributed by atoms with Crippen LogP contribution in [0, 0.1) is 17.4 Å². The normalized spacial score (nSPS) is 11.4. The average molecular weight is 422 g/mol. The lowest BCUT2D eigenvalue weighted by molar-refractivity contribution is 0.600. The molecule has 6 heteroatoms. The van der Waals surface area contributed by atoms with E-state index in [1.165, 1.54) is 0 Å². The second kappa shape index (κ2) is 5.91. The molecule has 0 aromatic heterocycles. The van der Waals surface area contributed by atoms with Gasteiger partial charge in [-0.15, -0.1) is 0 Å². The van der Waals surface area contributed by atoms with Gasteiger partial charge in [0, 0.05) is 8.59 Å². The highest BCUT2D eigenvalue weighted by atomic mass is 127. The van der Waals surface area contributed by atoms with E-state index in [4.69, 9.17) is 11.6 Å². The molecular weight excluding hydrogens is 409 g/mol. The highest BCUT2D eigenvalue weighted by molar-refractivity contribution is 14.1. The molecule has 0 spiro atoms. The Labute approximate surface area is 137 Å². The number of hydrogen-bond acceptors (Lipinski definition) is 2. The number of nitrogens with one attached hydrogen (secondary N) is 1. The molecule has 0 unspecified atom stereocenters. The molecule has 0 saturated heterocycles. The van der Waals surface area contributed by atoms with Crippen molar-refractivity contribution in [2.45, 2.75) is 18.7 Å². The van der Waals surface area contributed by atoms with Gasteiger partial charge in [-0.3, -0.25) is 4.72 Å². The van der Waals surface area contributed by atoms with Gasteiger partial charge in [0.05, 0.1) is 10.6 Å². The SMILES string of the molecule is Cc1ccc(S(=O)(=O)Nc2ccc(Cl)cc2I)c(C)c1. The maximum atomic E-state index is 12.4. The van der Waals surface area contributed by atoms with Crippen LogP contribution in [0.4, 0.5) is 5.69 Å². The van der Waals surface area contributed by atoms with Gasteiger partial charge in [0.25, 0.3) is 10.0 Å². The Morgan fingerprint density at radius 3 is 2.40 bits per heavy atom.